The molecule has 4 rings (SSSR count). The number of aromatic carboxylic acids is 1. The molecular weight excluding hydrogens is 348 g/mol. The summed E-state index contributed by atoms with van der Waals surface area (Å²) in [5.41, 5.74) is 1.41. The monoisotopic (exact) mass is 359 g/mol. The van der Waals surface area contributed by atoms with Crippen LogP contribution in [0.15, 0.2) is 40.9 Å². The summed E-state index contributed by atoms with van der Waals surface area (Å²) in [6, 6.07) is 7.44. The summed E-state index contributed by atoms with van der Waals surface area (Å²) < 4.78 is 31.5. The predicted molar refractivity (Wildman–Crippen MR) is 85.9 cm³/mol. The largest absolute Gasteiger partial charge is 0.477 e. The first-order valence-electron chi connectivity index (χ1n) is 7.62. The molecule has 0 bridgehead atoms. The summed E-state index contributed by atoms with van der Waals surface area (Å²) in [4.78, 5) is 30.7. The maximum absolute atomic E-state index is 12.9. The fraction of sp³-hybridized carbons (Fsp3) is 0.176. The summed E-state index contributed by atoms with van der Waals surface area (Å²) in [5, 5.41) is 11.4. The highest BCUT2D eigenvalue weighted by Gasteiger charge is 2.61. The zero-order valence-corrected chi connectivity index (χ0v) is 13.1. The molecule has 2 N–H and O–H groups in total. The summed E-state index contributed by atoms with van der Waals surface area (Å²) in [5.74, 6) is -5.96. The van der Waals surface area contributed by atoms with Gasteiger partial charge in [-0.05, 0) is 30.3 Å². The van der Waals surface area contributed by atoms with Crippen LogP contribution in [-0.4, -0.2) is 32.9 Å². The van der Waals surface area contributed by atoms with E-state index in [0.29, 0.717) is 22.4 Å². The van der Waals surface area contributed by atoms with E-state index in [9.17, 15) is 18.4 Å². The van der Waals surface area contributed by atoms with Gasteiger partial charge in [0.25, 0.3) is 5.92 Å². The fourth-order valence-electron chi connectivity index (χ4n) is 2.54. The van der Waals surface area contributed by atoms with Crippen LogP contribution in [-0.2, 0) is 4.79 Å². The molecule has 1 aliphatic rings. The average Bonchev–Trinajstić information content (AvgIpc) is 3.05. The van der Waals surface area contributed by atoms with Crippen LogP contribution in [0.2, 0.25) is 0 Å². The van der Waals surface area contributed by atoms with Crippen LogP contribution in [0.4, 0.5) is 14.5 Å². The second kappa shape index (κ2) is 5.58. The second-order valence-electron chi connectivity index (χ2n) is 5.94. The van der Waals surface area contributed by atoms with E-state index in [0.717, 1.165) is 0 Å². The summed E-state index contributed by atoms with van der Waals surface area (Å²) in [6.07, 6.45) is 0.887. The zero-order valence-electron chi connectivity index (χ0n) is 13.1. The third-order valence-electron chi connectivity index (χ3n) is 4.02. The number of hydrogen-bond donors (Lipinski definition) is 2. The van der Waals surface area contributed by atoms with E-state index < -0.39 is 30.1 Å². The molecule has 9 heteroatoms. The van der Waals surface area contributed by atoms with Crippen LogP contribution in [0.3, 0.4) is 0 Å². The lowest BCUT2D eigenvalue weighted by Crippen LogP contribution is -2.17. The molecule has 1 aromatic carbocycles. The number of carboxylic acid groups (broad SMARTS) is 1. The Morgan fingerprint density at radius 3 is 2.73 bits per heavy atom. The van der Waals surface area contributed by atoms with Gasteiger partial charge in [0.2, 0.25) is 11.8 Å². The van der Waals surface area contributed by atoms with Gasteiger partial charge in [-0.2, -0.15) is 0 Å². The lowest BCUT2D eigenvalue weighted by atomic mass is 10.2. The first-order chi connectivity index (χ1) is 12.3. The minimum atomic E-state index is -2.93. The lowest BCUT2D eigenvalue weighted by Gasteiger charge is -2.03. The number of nitrogens with zero attached hydrogens (tertiary/aromatic N) is 2. The third-order valence-corrected chi connectivity index (χ3v) is 4.02. The molecule has 0 radical (unpaired) electrons. The topological polar surface area (TPSA) is 105 Å². The summed E-state index contributed by atoms with van der Waals surface area (Å²) >= 11 is 0. The van der Waals surface area contributed by atoms with Crippen molar-refractivity contribution in [3.63, 3.8) is 0 Å². The Morgan fingerprint density at radius 1 is 1.27 bits per heavy atom. The van der Waals surface area contributed by atoms with Gasteiger partial charge in [0.1, 0.15) is 17.1 Å². The lowest BCUT2D eigenvalue weighted by molar-refractivity contribution is -0.119. The van der Waals surface area contributed by atoms with Crippen molar-refractivity contribution in [1.29, 1.82) is 0 Å². The number of anilines is 1. The van der Waals surface area contributed by atoms with Crippen LogP contribution >= 0.6 is 0 Å². The quantitative estimate of drug-likeness (QED) is 0.741. The van der Waals surface area contributed by atoms with Crippen LogP contribution in [0.25, 0.3) is 22.6 Å². The zero-order chi connectivity index (χ0) is 18.5. The molecule has 2 heterocycles. The molecule has 1 fully saturated rings. The highest BCUT2D eigenvalue weighted by Crippen LogP contribution is 2.49. The number of amides is 1. The maximum Gasteiger partial charge on any atom is 0.354 e. The van der Waals surface area contributed by atoms with Gasteiger partial charge in [0.15, 0.2) is 5.58 Å². The van der Waals surface area contributed by atoms with E-state index in [1.54, 1.807) is 12.1 Å². The molecule has 7 nitrogen and oxygen atoms in total. The van der Waals surface area contributed by atoms with Crippen molar-refractivity contribution in [1.82, 2.24) is 9.97 Å². The highest BCUT2D eigenvalue weighted by molar-refractivity contribution is 5.96. The van der Waals surface area contributed by atoms with Crippen molar-refractivity contribution in [2.24, 2.45) is 5.92 Å². The van der Waals surface area contributed by atoms with Gasteiger partial charge in [-0.1, -0.05) is 0 Å². The molecule has 132 valence electrons. The smallest absolute Gasteiger partial charge is 0.354 e. The first-order valence-corrected chi connectivity index (χ1v) is 7.62. The second-order valence-corrected chi connectivity index (χ2v) is 5.94. The standard InChI is InChI=1S/C17H11F2N3O4/c18-17(19)7-10(17)14(23)21-9-1-2-13-11(6-9)22-15(26-13)8-3-4-20-12(5-8)16(24)25/h1-6,10H,7H2,(H,21,23)(H,24,25). The van der Waals surface area contributed by atoms with Gasteiger partial charge < -0.3 is 14.8 Å². The van der Waals surface area contributed by atoms with Crippen molar-refractivity contribution >= 4 is 28.7 Å². The number of carbonyl (C=O) groups excluding carboxylic acids is 1. The fourth-order valence-corrected chi connectivity index (χ4v) is 2.54. The number of nitrogens with one attached hydrogen (secondary N) is 1. The van der Waals surface area contributed by atoms with E-state index in [1.165, 1.54) is 24.4 Å². The number of pyridine rings is 1. The van der Waals surface area contributed by atoms with Gasteiger partial charge >= 0.3 is 5.97 Å². The van der Waals surface area contributed by atoms with Crippen molar-refractivity contribution in [2.45, 2.75) is 12.3 Å². The van der Waals surface area contributed by atoms with Crippen molar-refractivity contribution < 1.29 is 27.9 Å². The molecule has 1 aliphatic carbocycles. The molecule has 1 unspecified atom stereocenters. The van der Waals surface area contributed by atoms with E-state index in [1.807, 2.05) is 0 Å². The molecule has 0 saturated heterocycles. The molecular formula is C17H11F2N3O4. The minimum absolute atomic E-state index is 0.150. The normalized spacial score (nSPS) is 17.8. The van der Waals surface area contributed by atoms with Crippen molar-refractivity contribution in [2.75, 3.05) is 5.32 Å². The van der Waals surface area contributed by atoms with Crippen molar-refractivity contribution in [3.8, 4) is 11.5 Å². The Kier molecular flexibility index (Phi) is 3.46. The molecule has 0 spiro atoms. The Labute approximate surface area is 144 Å². The number of carbonyl (C=O) groups is 2. The Morgan fingerprint density at radius 2 is 2.04 bits per heavy atom. The number of benzene rings is 1. The summed E-state index contributed by atoms with van der Waals surface area (Å²) in [7, 11) is 0. The number of carboxylic acids is 1. The maximum atomic E-state index is 12.9. The van der Waals surface area contributed by atoms with Crippen LogP contribution in [0, 0.1) is 5.92 Å². The molecule has 1 saturated carbocycles. The van der Waals surface area contributed by atoms with E-state index >= 15 is 0 Å². The SMILES string of the molecule is O=C(O)c1cc(-c2nc3cc(NC(=O)C4CC4(F)F)ccc3o2)ccn1. The average molecular weight is 359 g/mol. The molecule has 3 aromatic rings. The molecule has 26 heavy (non-hydrogen) atoms. The van der Waals surface area contributed by atoms with E-state index in [-0.39, 0.29) is 11.6 Å². The molecule has 2 aromatic heterocycles. The van der Waals surface area contributed by atoms with Crippen LogP contribution in [0.1, 0.15) is 16.9 Å². The Hall–Kier alpha value is -3.36. The van der Waals surface area contributed by atoms with Crippen molar-refractivity contribution in [3.05, 3.63) is 42.2 Å². The molecule has 0 aliphatic heterocycles. The number of alkyl halides is 2. The van der Waals surface area contributed by atoms with Crippen LogP contribution < -0.4 is 5.32 Å². The minimum Gasteiger partial charge on any atom is -0.477 e. The number of aromatic nitrogens is 2. The number of oxazole rings is 1. The van der Waals surface area contributed by atoms with Gasteiger partial charge in [-0.15, -0.1) is 0 Å². The number of hydrogen-bond acceptors (Lipinski definition) is 5. The number of rotatable bonds is 4. The van der Waals surface area contributed by atoms with E-state index in [2.05, 4.69) is 15.3 Å². The van der Waals surface area contributed by atoms with Crippen LogP contribution in [0.5, 0.6) is 0 Å². The Balaban J connectivity index is 1.61. The predicted octanol–water partition coefficient (Wildman–Crippen LogP) is 3.18. The molecule has 1 atom stereocenters. The third kappa shape index (κ3) is 2.87. The van der Waals surface area contributed by atoms with E-state index in [4.69, 9.17) is 9.52 Å². The first kappa shape index (κ1) is 16.1. The van der Waals surface area contributed by atoms with Gasteiger partial charge in [0.05, 0.1) is 0 Å². The number of halogens is 2. The number of fused-ring (bicyclic) bond motifs is 1. The highest BCUT2D eigenvalue weighted by atomic mass is 19.3. The molecule has 1 amide bonds. The van der Waals surface area contributed by atoms with Gasteiger partial charge in [-0.3, -0.25) is 4.79 Å². The van der Waals surface area contributed by atoms with Gasteiger partial charge in [-0.25, -0.2) is 23.5 Å². The summed E-state index contributed by atoms with van der Waals surface area (Å²) in [6.45, 7) is 0. The van der Waals surface area contributed by atoms with Gasteiger partial charge in [0, 0.05) is 23.9 Å². The Bertz CT molecular complexity index is 1050.